The summed E-state index contributed by atoms with van der Waals surface area (Å²) in [6.45, 7) is 7.79. The number of amides is 3. The molecular formula is C35H42N4O4S. The van der Waals surface area contributed by atoms with Crippen LogP contribution in [0, 0.1) is 11.8 Å². The van der Waals surface area contributed by atoms with Crippen molar-refractivity contribution in [2.24, 2.45) is 11.8 Å². The zero-order chi connectivity index (χ0) is 30.8. The van der Waals surface area contributed by atoms with Gasteiger partial charge < -0.3 is 24.7 Å². The maximum absolute atomic E-state index is 14.7. The van der Waals surface area contributed by atoms with E-state index in [1.165, 1.54) is 0 Å². The highest BCUT2D eigenvalue weighted by atomic mass is 32.2. The maximum Gasteiger partial charge on any atom is 0.251 e. The molecule has 8 nitrogen and oxygen atoms in total. The molecule has 0 radical (unpaired) electrons. The number of likely N-dealkylation sites (tertiary alicyclic amines) is 1. The van der Waals surface area contributed by atoms with E-state index >= 15 is 0 Å². The van der Waals surface area contributed by atoms with Gasteiger partial charge in [-0.3, -0.25) is 14.4 Å². The van der Waals surface area contributed by atoms with E-state index in [0.717, 1.165) is 30.0 Å². The Hall–Kier alpha value is -3.56. The second-order valence-corrected chi connectivity index (χ2v) is 13.5. The van der Waals surface area contributed by atoms with Crippen LogP contribution in [0.1, 0.15) is 32.3 Å². The van der Waals surface area contributed by atoms with Gasteiger partial charge in [0.05, 0.1) is 16.6 Å². The van der Waals surface area contributed by atoms with Crippen molar-refractivity contribution in [1.82, 2.24) is 9.80 Å². The van der Waals surface area contributed by atoms with Crippen LogP contribution in [0.2, 0.25) is 0 Å². The fourth-order valence-electron chi connectivity index (χ4n) is 7.43. The number of aliphatic hydroxyl groups excluding tert-OH is 1. The third-order valence-electron chi connectivity index (χ3n) is 9.56. The Morgan fingerprint density at radius 2 is 1.66 bits per heavy atom. The number of carbonyl (C=O) groups excluding carboxylic acids is 3. The van der Waals surface area contributed by atoms with Crippen LogP contribution >= 0.6 is 11.8 Å². The van der Waals surface area contributed by atoms with E-state index < -0.39 is 22.6 Å². The molecule has 9 heteroatoms. The summed E-state index contributed by atoms with van der Waals surface area (Å²) in [5.41, 5.74) is 2.94. The zero-order valence-corrected chi connectivity index (χ0v) is 26.4. The summed E-state index contributed by atoms with van der Waals surface area (Å²) < 4.78 is -0.853. The maximum atomic E-state index is 14.7. The number of benzene rings is 2. The lowest BCUT2D eigenvalue weighted by atomic mass is 9.78. The zero-order valence-electron chi connectivity index (χ0n) is 25.5. The van der Waals surface area contributed by atoms with Crippen LogP contribution in [-0.4, -0.2) is 88.0 Å². The van der Waals surface area contributed by atoms with E-state index in [0.29, 0.717) is 39.0 Å². The first kappa shape index (κ1) is 30.5. The molecule has 0 bridgehead atoms. The standard InChI is InChI=1S/C35H42N4O4S/c1-3-36(4-2)26-15-17-27(18-16-26)38-22-11-19-35-30(33(42)39(21-8-9-23-40)31(35)34(38)43)29-28(44-35)14-10-20-37(32(29)41)24-25-12-6-5-7-13-25/h5-7,10-19,28-31,40H,3-4,8-9,20-24H2,1-2H3/t28-,29+,30-,31?,35-/m0/s1. The van der Waals surface area contributed by atoms with Crippen molar-refractivity contribution < 1.29 is 19.5 Å². The van der Waals surface area contributed by atoms with Gasteiger partial charge >= 0.3 is 0 Å². The Balaban J connectivity index is 1.35. The fourth-order valence-corrected chi connectivity index (χ4v) is 9.44. The van der Waals surface area contributed by atoms with Gasteiger partial charge in [-0.05, 0) is 56.5 Å². The van der Waals surface area contributed by atoms with Gasteiger partial charge in [0.2, 0.25) is 11.8 Å². The molecule has 3 amide bonds. The van der Waals surface area contributed by atoms with Gasteiger partial charge in [0.25, 0.3) is 5.91 Å². The number of unbranched alkanes of at least 4 members (excludes halogenated alkanes) is 1. The van der Waals surface area contributed by atoms with Crippen LogP contribution in [-0.2, 0) is 20.9 Å². The Morgan fingerprint density at radius 1 is 0.909 bits per heavy atom. The fraction of sp³-hybridized carbons (Fsp3) is 0.457. The SMILES string of the molecule is CCN(CC)c1ccc(N2CC=C[C@]34S[C@H]5C=CCN(Cc6ccccc6)C(=O)[C@H]5[C@H]3C(=O)N(CCCCO)C4C2=O)cc1. The molecule has 0 saturated carbocycles. The van der Waals surface area contributed by atoms with E-state index in [1.54, 1.807) is 21.6 Å². The first-order chi connectivity index (χ1) is 21.4. The number of fused-ring (bicyclic) bond motifs is 2. The van der Waals surface area contributed by atoms with Gasteiger partial charge in [0, 0.05) is 62.5 Å². The molecule has 1 N–H and O–H groups in total. The van der Waals surface area contributed by atoms with Crippen LogP contribution in [0.4, 0.5) is 11.4 Å². The van der Waals surface area contributed by atoms with Crippen LogP contribution in [0.5, 0.6) is 0 Å². The second kappa shape index (κ2) is 12.8. The molecule has 6 rings (SSSR count). The number of aliphatic hydroxyl groups is 1. The summed E-state index contributed by atoms with van der Waals surface area (Å²) in [5, 5.41) is 9.30. The first-order valence-corrected chi connectivity index (χ1v) is 16.7. The van der Waals surface area contributed by atoms with E-state index in [4.69, 9.17) is 0 Å². The Labute approximate surface area is 264 Å². The monoisotopic (exact) mass is 614 g/mol. The van der Waals surface area contributed by atoms with Gasteiger partial charge in [-0.15, -0.1) is 11.8 Å². The molecule has 2 aromatic carbocycles. The third-order valence-corrected chi connectivity index (χ3v) is 11.3. The lowest BCUT2D eigenvalue weighted by molar-refractivity contribution is -0.143. The summed E-state index contributed by atoms with van der Waals surface area (Å²) in [7, 11) is 0. The summed E-state index contributed by atoms with van der Waals surface area (Å²) in [6.07, 6.45) is 9.34. The molecule has 0 aliphatic carbocycles. The molecule has 2 fully saturated rings. The lowest BCUT2D eigenvalue weighted by Crippen LogP contribution is -2.53. The molecular weight excluding hydrogens is 572 g/mol. The quantitative estimate of drug-likeness (QED) is 0.321. The number of carbonyl (C=O) groups is 3. The third kappa shape index (κ3) is 5.24. The van der Waals surface area contributed by atoms with Gasteiger partial charge in [0.15, 0.2) is 0 Å². The number of rotatable bonds is 10. The first-order valence-electron chi connectivity index (χ1n) is 15.9. The topological polar surface area (TPSA) is 84.4 Å². The minimum Gasteiger partial charge on any atom is -0.396 e. The highest BCUT2D eigenvalue weighted by Gasteiger charge is 2.70. The average molecular weight is 615 g/mol. The molecule has 4 aliphatic rings. The van der Waals surface area contributed by atoms with Gasteiger partial charge in [0.1, 0.15) is 6.04 Å². The Bertz CT molecular complexity index is 1430. The highest BCUT2D eigenvalue weighted by Crippen LogP contribution is 2.61. The van der Waals surface area contributed by atoms with Gasteiger partial charge in [-0.25, -0.2) is 0 Å². The summed E-state index contributed by atoms with van der Waals surface area (Å²) in [5.74, 6) is -1.48. The van der Waals surface area contributed by atoms with Crippen molar-refractivity contribution in [3.63, 3.8) is 0 Å². The molecule has 1 spiro atoms. The minimum atomic E-state index is -0.853. The van der Waals surface area contributed by atoms with E-state index in [-0.39, 0.29) is 29.6 Å². The molecule has 0 aromatic heterocycles. The van der Waals surface area contributed by atoms with Crippen LogP contribution in [0.3, 0.4) is 0 Å². The molecule has 1 unspecified atom stereocenters. The van der Waals surface area contributed by atoms with E-state index in [1.807, 2.05) is 59.5 Å². The molecule has 5 atom stereocenters. The normalized spacial score (nSPS) is 27.7. The number of nitrogens with zero attached hydrogens (tertiary/aromatic N) is 4. The molecule has 4 aliphatic heterocycles. The highest BCUT2D eigenvalue weighted by molar-refractivity contribution is 8.02. The van der Waals surface area contributed by atoms with Crippen molar-refractivity contribution in [2.75, 3.05) is 49.1 Å². The average Bonchev–Trinajstić information content (AvgIpc) is 3.35. The van der Waals surface area contributed by atoms with E-state index in [2.05, 4.69) is 43.0 Å². The molecule has 232 valence electrons. The van der Waals surface area contributed by atoms with Gasteiger partial charge in [-0.2, -0.15) is 0 Å². The summed E-state index contributed by atoms with van der Waals surface area (Å²) in [4.78, 5) is 51.0. The summed E-state index contributed by atoms with van der Waals surface area (Å²) >= 11 is 1.61. The van der Waals surface area contributed by atoms with Crippen molar-refractivity contribution in [2.45, 2.75) is 49.3 Å². The molecule has 4 heterocycles. The number of thioether (sulfide) groups is 1. The summed E-state index contributed by atoms with van der Waals surface area (Å²) in [6, 6.07) is 17.3. The Kier molecular flexibility index (Phi) is 8.87. The second-order valence-electron chi connectivity index (χ2n) is 12.0. The largest absolute Gasteiger partial charge is 0.396 e. The predicted octanol–water partition coefficient (Wildman–Crippen LogP) is 4.10. The number of hydrogen-bond acceptors (Lipinski definition) is 6. The van der Waals surface area contributed by atoms with Crippen molar-refractivity contribution in [3.8, 4) is 0 Å². The van der Waals surface area contributed by atoms with Gasteiger partial charge in [-0.1, -0.05) is 54.6 Å². The van der Waals surface area contributed by atoms with E-state index in [9.17, 15) is 19.5 Å². The Morgan fingerprint density at radius 3 is 2.36 bits per heavy atom. The lowest BCUT2D eigenvalue weighted by Gasteiger charge is -2.35. The van der Waals surface area contributed by atoms with Crippen molar-refractivity contribution >= 4 is 40.9 Å². The molecule has 44 heavy (non-hydrogen) atoms. The predicted molar refractivity (Wildman–Crippen MR) is 175 cm³/mol. The van der Waals surface area contributed by atoms with Crippen molar-refractivity contribution in [3.05, 3.63) is 84.5 Å². The molecule has 2 saturated heterocycles. The molecule has 2 aromatic rings. The number of hydrogen-bond donors (Lipinski definition) is 1. The van der Waals surface area contributed by atoms with Crippen LogP contribution in [0.25, 0.3) is 0 Å². The van der Waals surface area contributed by atoms with Crippen molar-refractivity contribution in [1.29, 1.82) is 0 Å². The smallest absolute Gasteiger partial charge is 0.251 e. The number of anilines is 2. The van der Waals surface area contributed by atoms with Crippen LogP contribution < -0.4 is 9.80 Å². The minimum absolute atomic E-state index is 0.0251. The van der Waals surface area contributed by atoms with Crippen LogP contribution in [0.15, 0.2) is 78.9 Å².